The van der Waals surface area contributed by atoms with Gasteiger partial charge in [0.25, 0.3) is 0 Å². The molecule has 0 aliphatic heterocycles. The highest BCUT2D eigenvalue weighted by atomic mass is 31.2. The van der Waals surface area contributed by atoms with Crippen LogP contribution in [0.4, 0.5) is 11.8 Å². The van der Waals surface area contributed by atoms with Gasteiger partial charge in [0.1, 0.15) is 11.8 Å². The molecule has 3 aromatic rings. The van der Waals surface area contributed by atoms with Crippen LogP contribution in [0, 0.1) is 11.3 Å². The van der Waals surface area contributed by atoms with Crippen LogP contribution in [0.25, 0.3) is 11.2 Å². The number of allylic oxidation sites excluding steroid dienone is 1. The fourth-order valence-electron chi connectivity index (χ4n) is 4.56. The molecule has 0 bridgehead atoms. The van der Waals surface area contributed by atoms with E-state index in [1.807, 2.05) is 22.8 Å². The number of benzene rings is 1. The molecule has 226 valence electrons. The molecule has 1 fully saturated rings. The first-order chi connectivity index (χ1) is 20.0. The van der Waals surface area contributed by atoms with Crippen LogP contribution in [0.5, 0.6) is 5.75 Å². The molecular formula is C29H40N7O5P. The van der Waals surface area contributed by atoms with Crippen LogP contribution in [-0.2, 0) is 18.6 Å². The number of carbonyl (C=O) groups is 1. The lowest BCUT2D eigenvalue weighted by atomic mass is 9.93. The summed E-state index contributed by atoms with van der Waals surface area (Å²) in [6, 6.07) is 8.17. The number of hydrogen-bond acceptors (Lipinski definition) is 10. The third kappa shape index (κ3) is 7.87. The minimum atomic E-state index is -3.96. The number of nitrogens with zero attached hydrogens (tertiary/aromatic N) is 4. The van der Waals surface area contributed by atoms with Crippen LogP contribution < -0.4 is 20.7 Å². The van der Waals surface area contributed by atoms with Gasteiger partial charge in [-0.2, -0.15) is 15.1 Å². The summed E-state index contributed by atoms with van der Waals surface area (Å²) in [5, 5.41) is 6.15. The molecule has 2 heterocycles. The zero-order chi connectivity index (χ0) is 29.9. The number of rotatable bonds is 13. The lowest BCUT2D eigenvalue weighted by molar-refractivity contribution is -0.145. The van der Waals surface area contributed by atoms with Gasteiger partial charge in [-0.25, -0.2) is 9.55 Å². The number of nitrogens with one attached hydrogen (secondary N) is 2. The summed E-state index contributed by atoms with van der Waals surface area (Å²) < 4.78 is 33.0. The Morgan fingerprint density at radius 3 is 2.67 bits per heavy atom. The Morgan fingerprint density at radius 2 is 1.95 bits per heavy atom. The molecule has 4 atom stereocenters. The molecule has 2 aliphatic carbocycles. The maximum absolute atomic E-state index is 13.9. The summed E-state index contributed by atoms with van der Waals surface area (Å²) in [5.41, 5.74) is 7.37. The molecule has 2 aromatic heterocycles. The summed E-state index contributed by atoms with van der Waals surface area (Å²) in [5.74, 6) is 0.602. The van der Waals surface area contributed by atoms with Gasteiger partial charge < -0.3 is 24.9 Å². The maximum Gasteiger partial charge on any atom is 0.459 e. The molecule has 1 saturated carbocycles. The van der Waals surface area contributed by atoms with Crippen molar-refractivity contribution in [3.63, 3.8) is 0 Å². The second-order valence-corrected chi connectivity index (χ2v) is 13.8. The largest absolute Gasteiger partial charge is 0.465 e. The van der Waals surface area contributed by atoms with Gasteiger partial charge in [0.05, 0.1) is 25.6 Å². The van der Waals surface area contributed by atoms with E-state index in [0.29, 0.717) is 41.6 Å². The fraction of sp³-hybridized carbons (Fsp3) is 0.517. The van der Waals surface area contributed by atoms with Crippen LogP contribution in [0.15, 0.2) is 48.8 Å². The zero-order valence-electron chi connectivity index (χ0n) is 24.5. The lowest BCUT2D eigenvalue weighted by Gasteiger charge is -2.24. The van der Waals surface area contributed by atoms with E-state index >= 15 is 0 Å². The smallest absolute Gasteiger partial charge is 0.459 e. The van der Waals surface area contributed by atoms with Crippen molar-refractivity contribution >= 4 is 36.6 Å². The molecule has 0 spiro atoms. The number of aromatic nitrogens is 4. The topological polar surface area (TPSA) is 156 Å². The number of imidazole rings is 1. The molecule has 0 amide bonds. The van der Waals surface area contributed by atoms with Crippen molar-refractivity contribution in [2.75, 3.05) is 24.3 Å². The van der Waals surface area contributed by atoms with E-state index in [2.05, 4.69) is 46.1 Å². The Balaban J connectivity index is 1.23. The first kappa shape index (κ1) is 30.0. The maximum atomic E-state index is 13.9. The van der Waals surface area contributed by atoms with Crippen molar-refractivity contribution < 1.29 is 23.1 Å². The molecule has 42 heavy (non-hydrogen) atoms. The van der Waals surface area contributed by atoms with Gasteiger partial charge >= 0.3 is 13.7 Å². The van der Waals surface area contributed by atoms with E-state index in [4.69, 9.17) is 19.5 Å². The second kappa shape index (κ2) is 12.4. The van der Waals surface area contributed by atoms with E-state index in [1.54, 1.807) is 37.5 Å². The molecule has 1 unspecified atom stereocenters. The number of ether oxygens (including phenoxy) is 1. The fourth-order valence-corrected chi connectivity index (χ4v) is 6.10. The van der Waals surface area contributed by atoms with Gasteiger partial charge in [-0.1, -0.05) is 51.1 Å². The summed E-state index contributed by atoms with van der Waals surface area (Å²) >= 11 is 0. The third-order valence-corrected chi connectivity index (χ3v) is 8.74. The van der Waals surface area contributed by atoms with Crippen LogP contribution >= 0.6 is 7.75 Å². The number of nitrogens with two attached hydrogens (primary N) is 1. The van der Waals surface area contributed by atoms with Crippen LogP contribution in [0.2, 0.25) is 0 Å². The van der Waals surface area contributed by atoms with E-state index < -0.39 is 19.8 Å². The number of anilines is 2. The van der Waals surface area contributed by atoms with Crippen molar-refractivity contribution in [3.05, 3.63) is 48.8 Å². The number of para-hydroxylation sites is 1. The number of nitrogen functional groups attached to an aromatic ring is 1. The average Bonchev–Trinajstić information content (AvgIpc) is 3.44. The highest BCUT2D eigenvalue weighted by Gasteiger charge is 2.34. The van der Waals surface area contributed by atoms with Gasteiger partial charge in [-0.05, 0) is 50.2 Å². The number of esters is 1. The SMILES string of the molecule is C[C@H](NP(=O)(OC[C@@H]1C=C[C@H](n2cnc3c(NC4CC4)nc(N)nc32)C1)Oc1ccccc1)C(=O)OCCC(C)(C)C. The molecule has 0 saturated heterocycles. The molecule has 0 radical (unpaired) electrons. The second-order valence-electron chi connectivity index (χ2n) is 12.1. The van der Waals surface area contributed by atoms with Gasteiger partial charge in [0.2, 0.25) is 5.95 Å². The standard InChI is InChI=1S/C29H40N7O5P/c1-19(27(37)39-15-14-29(2,3)4)35-42(38,41-23-8-6-5-7-9-23)40-17-20-10-13-22(16-20)36-18-31-24-25(32-21-11-12-21)33-28(30)34-26(24)36/h5-10,13,18-22H,11-12,14-17H2,1-4H3,(H,35,38)(H3,30,32,33,34)/t19-,20+,22-,42?/m0/s1. The van der Waals surface area contributed by atoms with Gasteiger partial charge in [-0.15, -0.1) is 0 Å². The van der Waals surface area contributed by atoms with Crippen molar-refractivity contribution in [1.82, 2.24) is 24.6 Å². The number of hydrogen-bond donors (Lipinski definition) is 3. The van der Waals surface area contributed by atoms with Gasteiger partial charge in [0, 0.05) is 12.0 Å². The molecule has 2 aliphatic rings. The Bertz CT molecular complexity index is 1470. The zero-order valence-corrected chi connectivity index (χ0v) is 25.4. The van der Waals surface area contributed by atoms with Gasteiger partial charge in [-0.3, -0.25) is 9.32 Å². The molecule has 1 aromatic carbocycles. The molecule has 12 nitrogen and oxygen atoms in total. The van der Waals surface area contributed by atoms with E-state index in [0.717, 1.165) is 12.8 Å². The minimum Gasteiger partial charge on any atom is -0.465 e. The van der Waals surface area contributed by atoms with Crippen molar-refractivity contribution in [1.29, 1.82) is 0 Å². The van der Waals surface area contributed by atoms with Gasteiger partial charge in [0.15, 0.2) is 17.0 Å². The highest BCUT2D eigenvalue weighted by Crippen LogP contribution is 2.46. The first-order valence-electron chi connectivity index (χ1n) is 14.4. The van der Waals surface area contributed by atoms with E-state index in [-0.39, 0.29) is 36.5 Å². The highest BCUT2D eigenvalue weighted by molar-refractivity contribution is 7.52. The van der Waals surface area contributed by atoms with Crippen molar-refractivity contribution in [3.8, 4) is 5.75 Å². The number of fused-ring (bicyclic) bond motifs is 1. The monoisotopic (exact) mass is 597 g/mol. The lowest BCUT2D eigenvalue weighted by Crippen LogP contribution is -2.35. The van der Waals surface area contributed by atoms with Crippen molar-refractivity contribution in [2.24, 2.45) is 11.3 Å². The van der Waals surface area contributed by atoms with Crippen molar-refractivity contribution in [2.45, 2.75) is 71.5 Å². The summed E-state index contributed by atoms with van der Waals surface area (Å²) in [6.07, 6.45) is 9.38. The van der Waals surface area contributed by atoms with Crippen LogP contribution in [-0.4, -0.2) is 50.8 Å². The Labute approximate surface area is 246 Å². The Hall–Kier alpha value is -3.47. The minimum absolute atomic E-state index is 0.0246. The summed E-state index contributed by atoms with van der Waals surface area (Å²) in [6.45, 7) is 8.17. The number of carbonyl (C=O) groups excluding carboxylic acids is 1. The average molecular weight is 598 g/mol. The molecule has 13 heteroatoms. The first-order valence-corrected chi connectivity index (χ1v) is 15.9. The third-order valence-electron chi connectivity index (χ3n) is 7.09. The summed E-state index contributed by atoms with van der Waals surface area (Å²) in [7, 11) is -3.96. The van der Waals surface area contributed by atoms with Crippen LogP contribution in [0.3, 0.4) is 0 Å². The predicted octanol–water partition coefficient (Wildman–Crippen LogP) is 5.26. The normalized spacial score (nSPS) is 20.8. The quantitative estimate of drug-likeness (QED) is 0.134. The molecule has 4 N–H and O–H groups in total. The Kier molecular flexibility index (Phi) is 8.86. The van der Waals surface area contributed by atoms with E-state index in [9.17, 15) is 9.36 Å². The predicted molar refractivity (Wildman–Crippen MR) is 161 cm³/mol. The Morgan fingerprint density at radius 1 is 1.19 bits per heavy atom. The summed E-state index contributed by atoms with van der Waals surface area (Å²) in [4.78, 5) is 26.0. The molecular weight excluding hydrogens is 557 g/mol. The van der Waals surface area contributed by atoms with E-state index in [1.165, 1.54) is 0 Å². The molecule has 5 rings (SSSR count). The van der Waals surface area contributed by atoms with Crippen LogP contribution in [0.1, 0.15) is 59.4 Å².